The van der Waals surface area contributed by atoms with Gasteiger partial charge in [0.25, 0.3) is 0 Å². The highest BCUT2D eigenvalue weighted by Gasteiger charge is 2.04. The Balaban J connectivity index is 2.01. The van der Waals surface area contributed by atoms with Gasteiger partial charge in [0.1, 0.15) is 0 Å². The molecule has 1 aromatic rings. The van der Waals surface area contributed by atoms with Crippen LogP contribution in [0.2, 0.25) is 0 Å². The largest absolute Gasteiger partial charge is 0.327 e. The molecule has 0 aliphatic carbocycles. The van der Waals surface area contributed by atoms with E-state index in [1.807, 2.05) is 0 Å². The molecule has 1 atom stereocenters. The molecule has 2 N–H and O–H groups in total. The molecule has 114 valence electrons. The van der Waals surface area contributed by atoms with E-state index >= 15 is 0 Å². The molecule has 1 rings (SSSR count). The Kier molecular flexibility index (Phi) is 10.0. The van der Waals surface area contributed by atoms with Crippen molar-refractivity contribution >= 4 is 15.9 Å². The van der Waals surface area contributed by atoms with Crippen molar-refractivity contribution in [2.45, 2.75) is 77.2 Å². The maximum Gasteiger partial charge on any atom is 0.0178 e. The Morgan fingerprint density at radius 3 is 2.30 bits per heavy atom. The van der Waals surface area contributed by atoms with Gasteiger partial charge in [0.2, 0.25) is 0 Å². The summed E-state index contributed by atoms with van der Waals surface area (Å²) in [5.74, 6) is 0. The Hall–Kier alpha value is -0.340. The van der Waals surface area contributed by atoms with E-state index in [1.54, 1.807) is 0 Å². The van der Waals surface area contributed by atoms with E-state index in [-0.39, 0.29) is 0 Å². The minimum absolute atomic E-state index is 0.310. The van der Waals surface area contributed by atoms with Gasteiger partial charge in [0.05, 0.1) is 0 Å². The van der Waals surface area contributed by atoms with Crippen LogP contribution in [-0.4, -0.2) is 6.04 Å². The van der Waals surface area contributed by atoms with Crippen LogP contribution in [0, 0.1) is 0 Å². The first kappa shape index (κ1) is 17.7. The highest BCUT2D eigenvalue weighted by molar-refractivity contribution is 9.10. The summed E-state index contributed by atoms with van der Waals surface area (Å²) in [5.41, 5.74) is 7.56. The fourth-order valence-corrected chi connectivity index (χ4v) is 3.06. The molecule has 20 heavy (non-hydrogen) atoms. The third-order valence-corrected chi connectivity index (χ3v) is 4.31. The molecule has 1 nitrogen and oxygen atoms in total. The lowest BCUT2D eigenvalue weighted by Crippen LogP contribution is -2.22. The van der Waals surface area contributed by atoms with Crippen molar-refractivity contribution in [1.29, 1.82) is 0 Å². The smallest absolute Gasteiger partial charge is 0.0178 e. The maximum atomic E-state index is 6.22. The lowest BCUT2D eigenvalue weighted by Gasteiger charge is -2.11. The molecule has 0 aromatic heterocycles. The van der Waals surface area contributed by atoms with Crippen molar-refractivity contribution < 1.29 is 0 Å². The zero-order chi connectivity index (χ0) is 14.6. The van der Waals surface area contributed by atoms with Crippen LogP contribution in [0.25, 0.3) is 0 Å². The maximum absolute atomic E-state index is 6.22. The first-order chi connectivity index (χ1) is 9.72. The zero-order valence-corrected chi connectivity index (χ0v) is 14.5. The molecule has 0 radical (unpaired) electrons. The standard InChI is InChI=1S/C18H30BrN/c1-2-3-4-5-6-7-8-9-13-18(20)15-16-11-10-12-17(19)14-16/h10-12,14,18H,2-9,13,15,20H2,1H3. The Labute approximate surface area is 133 Å². The zero-order valence-electron chi connectivity index (χ0n) is 12.9. The topological polar surface area (TPSA) is 26.0 Å². The summed E-state index contributed by atoms with van der Waals surface area (Å²) in [6.45, 7) is 2.27. The molecule has 0 aliphatic heterocycles. The van der Waals surface area contributed by atoms with Crippen molar-refractivity contribution in [3.63, 3.8) is 0 Å². The Bertz CT molecular complexity index is 351. The van der Waals surface area contributed by atoms with E-state index < -0.39 is 0 Å². The summed E-state index contributed by atoms with van der Waals surface area (Å²) >= 11 is 3.51. The van der Waals surface area contributed by atoms with Gasteiger partial charge in [-0.05, 0) is 30.5 Å². The van der Waals surface area contributed by atoms with Crippen molar-refractivity contribution in [3.8, 4) is 0 Å². The minimum atomic E-state index is 0.310. The van der Waals surface area contributed by atoms with Crippen LogP contribution in [0.3, 0.4) is 0 Å². The Morgan fingerprint density at radius 1 is 1.00 bits per heavy atom. The van der Waals surface area contributed by atoms with Crippen LogP contribution in [0.15, 0.2) is 28.7 Å². The van der Waals surface area contributed by atoms with Crippen molar-refractivity contribution in [1.82, 2.24) is 0 Å². The summed E-state index contributed by atoms with van der Waals surface area (Å²) in [6.07, 6.45) is 13.1. The number of unbranched alkanes of at least 4 members (excludes halogenated alkanes) is 7. The van der Waals surface area contributed by atoms with Crippen LogP contribution in [0.4, 0.5) is 0 Å². The van der Waals surface area contributed by atoms with Crippen molar-refractivity contribution in [2.75, 3.05) is 0 Å². The van der Waals surface area contributed by atoms with E-state index in [9.17, 15) is 0 Å². The summed E-state index contributed by atoms with van der Waals surface area (Å²) < 4.78 is 1.15. The van der Waals surface area contributed by atoms with Gasteiger partial charge in [-0.15, -0.1) is 0 Å². The lowest BCUT2D eigenvalue weighted by atomic mass is 10.0. The fourth-order valence-electron chi connectivity index (χ4n) is 2.61. The number of halogens is 1. The molecular weight excluding hydrogens is 310 g/mol. The molecular formula is C18H30BrN. The summed E-state index contributed by atoms with van der Waals surface area (Å²) in [7, 11) is 0. The van der Waals surface area contributed by atoms with Crippen LogP contribution >= 0.6 is 15.9 Å². The molecule has 0 saturated heterocycles. The SMILES string of the molecule is CCCCCCCCCCC(N)Cc1cccc(Br)c1. The van der Waals surface area contributed by atoms with Gasteiger partial charge in [0, 0.05) is 10.5 Å². The number of hydrogen-bond acceptors (Lipinski definition) is 1. The molecule has 0 spiro atoms. The normalized spacial score (nSPS) is 12.6. The predicted octanol–water partition coefficient (Wildman–Crippen LogP) is 5.85. The number of hydrogen-bond donors (Lipinski definition) is 1. The van der Waals surface area contributed by atoms with Gasteiger partial charge in [0.15, 0.2) is 0 Å². The van der Waals surface area contributed by atoms with Crippen LogP contribution < -0.4 is 5.73 Å². The van der Waals surface area contributed by atoms with E-state index in [4.69, 9.17) is 5.73 Å². The number of nitrogens with two attached hydrogens (primary N) is 1. The number of rotatable bonds is 11. The van der Waals surface area contributed by atoms with Gasteiger partial charge < -0.3 is 5.73 Å². The van der Waals surface area contributed by atoms with Gasteiger partial charge in [-0.3, -0.25) is 0 Å². The third kappa shape index (κ3) is 8.76. The Morgan fingerprint density at radius 2 is 1.65 bits per heavy atom. The summed E-state index contributed by atoms with van der Waals surface area (Å²) in [4.78, 5) is 0. The monoisotopic (exact) mass is 339 g/mol. The van der Waals surface area contributed by atoms with Crippen LogP contribution in [0.5, 0.6) is 0 Å². The highest BCUT2D eigenvalue weighted by atomic mass is 79.9. The first-order valence-corrected chi connectivity index (χ1v) is 9.01. The van der Waals surface area contributed by atoms with Gasteiger partial charge in [-0.1, -0.05) is 86.4 Å². The van der Waals surface area contributed by atoms with Gasteiger partial charge in [-0.2, -0.15) is 0 Å². The molecule has 0 amide bonds. The van der Waals surface area contributed by atoms with E-state index in [0.717, 1.165) is 17.3 Å². The molecule has 0 bridgehead atoms. The second-order valence-corrected chi connectivity index (χ2v) is 6.77. The molecule has 0 saturated carbocycles. The third-order valence-electron chi connectivity index (χ3n) is 3.82. The molecule has 1 aromatic carbocycles. The summed E-state index contributed by atoms with van der Waals surface area (Å²) in [5, 5.41) is 0. The average Bonchev–Trinajstić information content (AvgIpc) is 2.42. The fraction of sp³-hybridized carbons (Fsp3) is 0.667. The second-order valence-electron chi connectivity index (χ2n) is 5.86. The predicted molar refractivity (Wildman–Crippen MR) is 93.0 cm³/mol. The first-order valence-electron chi connectivity index (χ1n) is 8.22. The van der Waals surface area contributed by atoms with Crippen LogP contribution in [0.1, 0.15) is 70.3 Å². The minimum Gasteiger partial charge on any atom is -0.327 e. The van der Waals surface area contributed by atoms with Crippen molar-refractivity contribution in [3.05, 3.63) is 34.3 Å². The van der Waals surface area contributed by atoms with Gasteiger partial charge >= 0.3 is 0 Å². The van der Waals surface area contributed by atoms with E-state index in [1.165, 1.54) is 56.9 Å². The molecule has 2 heteroatoms. The second kappa shape index (κ2) is 11.3. The lowest BCUT2D eigenvalue weighted by molar-refractivity contribution is 0.525. The van der Waals surface area contributed by atoms with Gasteiger partial charge in [-0.25, -0.2) is 0 Å². The number of benzene rings is 1. The van der Waals surface area contributed by atoms with E-state index in [0.29, 0.717) is 6.04 Å². The van der Waals surface area contributed by atoms with Crippen LogP contribution in [-0.2, 0) is 6.42 Å². The summed E-state index contributed by atoms with van der Waals surface area (Å²) in [6, 6.07) is 8.80. The highest BCUT2D eigenvalue weighted by Crippen LogP contribution is 2.15. The molecule has 0 aliphatic rings. The quantitative estimate of drug-likeness (QED) is 0.502. The molecule has 0 heterocycles. The van der Waals surface area contributed by atoms with Crippen molar-refractivity contribution in [2.24, 2.45) is 5.73 Å². The average molecular weight is 340 g/mol. The van der Waals surface area contributed by atoms with E-state index in [2.05, 4.69) is 47.1 Å². The molecule has 0 fully saturated rings. The molecule has 1 unspecified atom stereocenters.